The molecular formula is C11H8O2. The minimum Gasteiger partial charge on any atom is -0.480 e. The lowest BCUT2D eigenvalue weighted by Gasteiger charge is -2.21. The number of rotatable bonds is 1. The van der Waals surface area contributed by atoms with Crippen LogP contribution in [0.15, 0.2) is 23.8 Å². The van der Waals surface area contributed by atoms with Crippen LogP contribution in [0.25, 0.3) is 0 Å². The van der Waals surface area contributed by atoms with Gasteiger partial charge in [0.2, 0.25) is 0 Å². The molecule has 1 atom stereocenters. The van der Waals surface area contributed by atoms with Gasteiger partial charge in [-0.05, 0) is 0 Å². The van der Waals surface area contributed by atoms with Crippen molar-refractivity contribution in [1.29, 1.82) is 0 Å². The van der Waals surface area contributed by atoms with Crippen molar-refractivity contribution < 1.29 is 9.90 Å². The average Bonchev–Trinajstić information content (AvgIpc) is 2.17. The number of hydrogen-bond donors (Lipinski definition) is 1. The average molecular weight is 172 g/mol. The number of carboxylic acids is 1. The smallest absolute Gasteiger partial charge is 0.326 e. The number of carbonyl (C=O) groups is 1. The summed E-state index contributed by atoms with van der Waals surface area (Å²) < 4.78 is 0. The van der Waals surface area contributed by atoms with E-state index < -0.39 is 11.4 Å². The summed E-state index contributed by atoms with van der Waals surface area (Å²) in [6, 6.07) is 0. The zero-order valence-electron chi connectivity index (χ0n) is 6.95. The molecule has 0 aromatic carbocycles. The molecule has 0 saturated carbocycles. The molecule has 1 rings (SSSR count). The molecule has 0 radical (unpaired) electrons. The summed E-state index contributed by atoms with van der Waals surface area (Å²) in [5, 5.41) is 8.91. The van der Waals surface area contributed by atoms with E-state index in [4.69, 9.17) is 18.0 Å². The van der Waals surface area contributed by atoms with Crippen LogP contribution in [0.5, 0.6) is 0 Å². The van der Waals surface area contributed by atoms with Gasteiger partial charge in [0.05, 0.1) is 0 Å². The van der Waals surface area contributed by atoms with Gasteiger partial charge in [-0.25, -0.2) is 0 Å². The van der Waals surface area contributed by atoms with Gasteiger partial charge in [0.25, 0.3) is 0 Å². The molecule has 0 aromatic rings. The lowest BCUT2D eigenvalue weighted by molar-refractivity contribution is -0.143. The Morgan fingerprint density at radius 3 is 2.77 bits per heavy atom. The van der Waals surface area contributed by atoms with E-state index in [-0.39, 0.29) is 6.42 Å². The summed E-state index contributed by atoms with van der Waals surface area (Å²) in [7, 11) is 0. The first-order chi connectivity index (χ1) is 6.14. The maximum Gasteiger partial charge on any atom is 0.326 e. The molecule has 0 heterocycles. The predicted molar refractivity (Wildman–Crippen MR) is 49.6 cm³/mol. The fourth-order valence-electron chi connectivity index (χ4n) is 1.15. The van der Waals surface area contributed by atoms with Crippen molar-refractivity contribution in [3.63, 3.8) is 0 Å². The molecule has 0 saturated heterocycles. The van der Waals surface area contributed by atoms with Crippen molar-refractivity contribution in [3.8, 4) is 24.7 Å². The number of aliphatic carboxylic acids is 1. The van der Waals surface area contributed by atoms with Gasteiger partial charge in [-0.2, -0.15) is 0 Å². The maximum atomic E-state index is 10.9. The summed E-state index contributed by atoms with van der Waals surface area (Å²) in [6.45, 7) is 0. The Hall–Kier alpha value is -1.93. The van der Waals surface area contributed by atoms with Crippen molar-refractivity contribution >= 4 is 5.97 Å². The van der Waals surface area contributed by atoms with E-state index in [0.29, 0.717) is 5.57 Å². The van der Waals surface area contributed by atoms with Crippen LogP contribution in [0.4, 0.5) is 0 Å². The molecule has 0 bridgehead atoms. The number of allylic oxidation sites excluding steroid dienone is 3. The van der Waals surface area contributed by atoms with Crippen molar-refractivity contribution in [2.24, 2.45) is 5.41 Å². The SMILES string of the molecule is C#CC1=CC=CC(C#C)(C(=O)O)C1. The molecule has 2 heteroatoms. The summed E-state index contributed by atoms with van der Waals surface area (Å²) in [5.74, 6) is 3.62. The van der Waals surface area contributed by atoms with Crippen molar-refractivity contribution in [2.45, 2.75) is 6.42 Å². The Morgan fingerprint density at radius 1 is 1.62 bits per heavy atom. The van der Waals surface area contributed by atoms with Gasteiger partial charge in [0.1, 0.15) is 0 Å². The molecule has 0 aromatic heterocycles. The van der Waals surface area contributed by atoms with E-state index in [2.05, 4.69) is 11.8 Å². The molecule has 0 amide bonds. The van der Waals surface area contributed by atoms with Crippen LogP contribution < -0.4 is 0 Å². The molecule has 2 nitrogen and oxygen atoms in total. The van der Waals surface area contributed by atoms with Crippen molar-refractivity contribution in [1.82, 2.24) is 0 Å². The van der Waals surface area contributed by atoms with Crippen LogP contribution >= 0.6 is 0 Å². The number of carboxylic acid groups (broad SMARTS) is 1. The van der Waals surface area contributed by atoms with Gasteiger partial charge in [-0.15, -0.1) is 12.8 Å². The van der Waals surface area contributed by atoms with Crippen LogP contribution in [0.3, 0.4) is 0 Å². The van der Waals surface area contributed by atoms with Crippen LogP contribution in [0.1, 0.15) is 6.42 Å². The Morgan fingerprint density at radius 2 is 2.31 bits per heavy atom. The fraction of sp³-hybridized carbons (Fsp3) is 0.182. The van der Waals surface area contributed by atoms with E-state index in [0.717, 1.165) is 0 Å². The molecule has 1 N–H and O–H groups in total. The van der Waals surface area contributed by atoms with E-state index in [1.165, 1.54) is 6.08 Å². The van der Waals surface area contributed by atoms with Crippen LogP contribution in [-0.2, 0) is 4.79 Å². The normalized spacial score (nSPS) is 25.5. The summed E-state index contributed by atoms with van der Waals surface area (Å²) >= 11 is 0. The highest BCUT2D eigenvalue weighted by molar-refractivity contribution is 5.82. The molecule has 0 aliphatic heterocycles. The zero-order chi connectivity index (χ0) is 9.90. The molecule has 1 aliphatic carbocycles. The van der Waals surface area contributed by atoms with Crippen molar-refractivity contribution in [3.05, 3.63) is 23.8 Å². The van der Waals surface area contributed by atoms with E-state index >= 15 is 0 Å². The zero-order valence-corrected chi connectivity index (χ0v) is 6.95. The van der Waals surface area contributed by atoms with E-state index in [1.54, 1.807) is 12.2 Å². The van der Waals surface area contributed by atoms with Crippen LogP contribution in [0, 0.1) is 30.1 Å². The highest BCUT2D eigenvalue weighted by Crippen LogP contribution is 2.30. The molecule has 0 fully saturated rings. The second kappa shape index (κ2) is 3.21. The summed E-state index contributed by atoms with van der Waals surface area (Å²) in [4.78, 5) is 10.9. The minimum absolute atomic E-state index is 0.200. The minimum atomic E-state index is -1.25. The first-order valence-electron chi connectivity index (χ1n) is 3.71. The maximum absolute atomic E-state index is 10.9. The quantitative estimate of drug-likeness (QED) is 0.603. The predicted octanol–water partition coefficient (Wildman–Crippen LogP) is 1.21. The van der Waals surface area contributed by atoms with Gasteiger partial charge in [0, 0.05) is 12.0 Å². The summed E-state index contributed by atoms with van der Waals surface area (Å²) in [6.07, 6.45) is 15.3. The first kappa shape index (κ1) is 9.16. The van der Waals surface area contributed by atoms with Gasteiger partial charge in [-0.3, -0.25) is 4.79 Å². The van der Waals surface area contributed by atoms with Gasteiger partial charge in [-0.1, -0.05) is 30.1 Å². The molecule has 0 spiro atoms. The van der Waals surface area contributed by atoms with E-state index in [9.17, 15) is 4.79 Å². The largest absolute Gasteiger partial charge is 0.480 e. The third-order valence-corrected chi connectivity index (χ3v) is 1.97. The standard InChI is InChI=1S/C11H8O2/c1-3-9-6-5-7-11(4-2,8-9)10(12)13/h1-2,5-7H,8H2,(H,12,13). The van der Waals surface area contributed by atoms with Gasteiger partial charge < -0.3 is 5.11 Å². The second-order valence-corrected chi connectivity index (χ2v) is 2.79. The Kier molecular flexibility index (Phi) is 2.26. The fourth-order valence-corrected chi connectivity index (χ4v) is 1.15. The Bertz CT molecular complexity index is 374. The number of hydrogen-bond acceptors (Lipinski definition) is 1. The third kappa shape index (κ3) is 1.48. The summed E-state index contributed by atoms with van der Waals surface area (Å²) in [5.41, 5.74) is -0.640. The number of terminal acetylenes is 2. The Labute approximate surface area is 77.0 Å². The van der Waals surface area contributed by atoms with E-state index in [1.807, 2.05) is 0 Å². The van der Waals surface area contributed by atoms with Crippen LogP contribution in [0.2, 0.25) is 0 Å². The molecule has 1 aliphatic rings. The molecule has 64 valence electrons. The van der Waals surface area contributed by atoms with Gasteiger partial charge >= 0.3 is 5.97 Å². The Balaban J connectivity index is 3.07. The first-order valence-corrected chi connectivity index (χ1v) is 3.71. The molecular weight excluding hydrogens is 164 g/mol. The lowest BCUT2D eigenvalue weighted by Crippen LogP contribution is -2.28. The highest BCUT2D eigenvalue weighted by Gasteiger charge is 2.35. The van der Waals surface area contributed by atoms with Crippen LogP contribution in [-0.4, -0.2) is 11.1 Å². The third-order valence-electron chi connectivity index (χ3n) is 1.97. The van der Waals surface area contributed by atoms with Gasteiger partial charge in [0.15, 0.2) is 5.41 Å². The topological polar surface area (TPSA) is 37.3 Å². The molecule has 13 heavy (non-hydrogen) atoms. The molecule has 1 unspecified atom stereocenters. The lowest BCUT2D eigenvalue weighted by atomic mass is 9.79. The van der Waals surface area contributed by atoms with Crippen molar-refractivity contribution in [2.75, 3.05) is 0 Å². The monoisotopic (exact) mass is 172 g/mol. The highest BCUT2D eigenvalue weighted by atomic mass is 16.4. The second-order valence-electron chi connectivity index (χ2n) is 2.79.